The molecule has 1 amide bonds. The molecule has 0 spiro atoms. The van der Waals surface area contributed by atoms with Crippen LogP contribution in [0.1, 0.15) is 82.1 Å². The average molecular weight is 527 g/mol. The van der Waals surface area contributed by atoms with Gasteiger partial charge in [0.2, 0.25) is 5.88 Å². The molecule has 0 bridgehead atoms. The van der Waals surface area contributed by atoms with Crippen LogP contribution in [-0.2, 0) is 0 Å². The number of aryl methyl sites for hydroxylation is 1. The summed E-state index contributed by atoms with van der Waals surface area (Å²) in [7, 11) is 0. The van der Waals surface area contributed by atoms with Gasteiger partial charge in [0.25, 0.3) is 11.5 Å². The minimum Gasteiger partial charge on any atom is -0.493 e. The highest BCUT2D eigenvalue weighted by atomic mass is 16.3. The van der Waals surface area contributed by atoms with Gasteiger partial charge in [-0.2, -0.15) is 5.11 Å². The zero-order valence-electron chi connectivity index (χ0n) is 23.7. The number of hydrogen-bond acceptors (Lipinski definition) is 7. The second kappa shape index (κ2) is 16.0. The van der Waals surface area contributed by atoms with E-state index >= 15 is 0 Å². The largest absolute Gasteiger partial charge is 0.493 e. The Kier molecular flexibility index (Phi) is 13.2. The molecule has 1 aromatic heterocycles. The third kappa shape index (κ3) is 9.36. The van der Waals surface area contributed by atoms with Crippen molar-refractivity contribution in [3.8, 4) is 5.88 Å². The van der Waals surface area contributed by atoms with Crippen LogP contribution in [0.25, 0.3) is 0 Å². The summed E-state index contributed by atoms with van der Waals surface area (Å²) >= 11 is 0. The van der Waals surface area contributed by atoms with Crippen LogP contribution in [0.5, 0.6) is 5.88 Å². The zero-order valence-corrected chi connectivity index (χ0v) is 23.7. The number of H-pyrrole nitrogens is 1. The molecule has 0 aliphatic carbocycles. The lowest BCUT2D eigenvalue weighted by atomic mass is 9.93. The molecule has 0 saturated heterocycles. The number of amides is 1. The summed E-state index contributed by atoms with van der Waals surface area (Å²) in [6, 6.07) is 8.59. The van der Waals surface area contributed by atoms with Gasteiger partial charge in [-0.3, -0.25) is 14.6 Å². The number of carbonyl (C=O) groups excluding carboxylic acids is 1. The van der Waals surface area contributed by atoms with Crippen LogP contribution >= 0.6 is 0 Å². The van der Waals surface area contributed by atoms with Crippen molar-refractivity contribution in [1.29, 1.82) is 0 Å². The van der Waals surface area contributed by atoms with Gasteiger partial charge in [-0.15, -0.1) is 5.11 Å². The molecule has 0 fully saturated rings. The number of benzene rings is 1. The number of nitrogens with one attached hydrogen (secondary N) is 2. The summed E-state index contributed by atoms with van der Waals surface area (Å²) in [5.41, 5.74) is 7.79. The number of rotatable bonds is 16. The van der Waals surface area contributed by atoms with Crippen LogP contribution < -0.4 is 16.6 Å². The molecule has 3 unspecified atom stereocenters. The number of aromatic hydroxyl groups is 1. The number of hydrogen-bond donors (Lipinski definition) is 4. The highest BCUT2D eigenvalue weighted by Crippen LogP contribution is 2.28. The zero-order chi connectivity index (χ0) is 28.1. The fraction of sp³-hybridized carbons (Fsp3) is 0.586. The first-order valence-electron chi connectivity index (χ1n) is 14.0. The maximum atomic E-state index is 13.8. The number of unbranched alkanes of at least 4 members (excludes halogenated alkanes) is 1. The maximum Gasteiger partial charge on any atom is 0.253 e. The van der Waals surface area contributed by atoms with Gasteiger partial charge in [-0.05, 0) is 62.4 Å². The Morgan fingerprint density at radius 1 is 1.11 bits per heavy atom. The lowest BCUT2D eigenvalue weighted by Gasteiger charge is -2.33. The Morgan fingerprint density at radius 3 is 2.50 bits per heavy atom. The Morgan fingerprint density at radius 2 is 1.87 bits per heavy atom. The van der Waals surface area contributed by atoms with Crippen molar-refractivity contribution >= 4 is 17.3 Å². The molecule has 0 saturated carbocycles. The van der Waals surface area contributed by atoms with Crippen LogP contribution in [0, 0.1) is 12.8 Å². The number of nitrogens with two attached hydrogens (primary N) is 1. The summed E-state index contributed by atoms with van der Waals surface area (Å²) in [6.45, 7) is 12.4. The van der Waals surface area contributed by atoms with Gasteiger partial charge in [0.05, 0.1) is 5.69 Å². The second-order valence-electron chi connectivity index (χ2n) is 10.0. The summed E-state index contributed by atoms with van der Waals surface area (Å²) in [5, 5.41) is 22.0. The fourth-order valence-electron chi connectivity index (χ4n) is 4.53. The molecule has 1 heterocycles. The van der Waals surface area contributed by atoms with Gasteiger partial charge in [0.1, 0.15) is 5.69 Å². The molecular weight excluding hydrogens is 480 g/mol. The Labute approximate surface area is 226 Å². The molecule has 0 aliphatic rings. The maximum absolute atomic E-state index is 13.8. The average Bonchev–Trinajstić information content (AvgIpc) is 2.89. The second-order valence-corrected chi connectivity index (χ2v) is 10.0. The molecule has 210 valence electrons. The van der Waals surface area contributed by atoms with Crippen molar-refractivity contribution in [3.05, 3.63) is 51.8 Å². The minimum atomic E-state index is -0.412. The van der Waals surface area contributed by atoms with E-state index < -0.39 is 5.56 Å². The van der Waals surface area contributed by atoms with Gasteiger partial charge in [0, 0.05) is 36.8 Å². The fourth-order valence-corrected chi connectivity index (χ4v) is 4.53. The van der Waals surface area contributed by atoms with Crippen LogP contribution in [0.2, 0.25) is 0 Å². The summed E-state index contributed by atoms with van der Waals surface area (Å²) in [6.07, 6.45) is 5.98. The van der Waals surface area contributed by atoms with E-state index in [9.17, 15) is 14.7 Å². The molecule has 38 heavy (non-hydrogen) atoms. The number of azo groups is 1. The van der Waals surface area contributed by atoms with Gasteiger partial charge < -0.3 is 21.1 Å². The van der Waals surface area contributed by atoms with Crippen molar-refractivity contribution in [2.24, 2.45) is 21.9 Å². The van der Waals surface area contributed by atoms with E-state index in [0.29, 0.717) is 29.9 Å². The molecule has 2 aromatic rings. The van der Waals surface area contributed by atoms with Crippen molar-refractivity contribution in [2.75, 3.05) is 19.6 Å². The van der Waals surface area contributed by atoms with E-state index in [0.717, 1.165) is 45.1 Å². The van der Waals surface area contributed by atoms with E-state index in [4.69, 9.17) is 5.73 Å². The number of nitrogens with zero attached hydrogens (tertiary/aromatic N) is 3. The van der Waals surface area contributed by atoms with Gasteiger partial charge >= 0.3 is 0 Å². The van der Waals surface area contributed by atoms with E-state index in [1.54, 1.807) is 31.2 Å². The topological polar surface area (TPSA) is 136 Å². The molecular formula is C29H46N6O3. The molecule has 0 aliphatic heterocycles. The Hall–Kier alpha value is -3.04. The van der Waals surface area contributed by atoms with E-state index in [1.165, 1.54) is 6.07 Å². The molecule has 9 nitrogen and oxygen atoms in total. The van der Waals surface area contributed by atoms with Crippen molar-refractivity contribution in [3.63, 3.8) is 0 Å². The number of aromatic nitrogens is 1. The minimum absolute atomic E-state index is 0.0433. The van der Waals surface area contributed by atoms with Gasteiger partial charge in [-0.25, -0.2) is 0 Å². The normalized spacial score (nSPS) is 13.9. The third-order valence-corrected chi connectivity index (χ3v) is 6.94. The predicted molar refractivity (Wildman–Crippen MR) is 154 cm³/mol. The lowest BCUT2D eigenvalue weighted by Crippen LogP contribution is -2.48. The lowest BCUT2D eigenvalue weighted by molar-refractivity contribution is 0.0695. The molecule has 0 radical (unpaired) electrons. The van der Waals surface area contributed by atoms with Crippen LogP contribution in [0.15, 0.2) is 45.4 Å². The van der Waals surface area contributed by atoms with E-state index in [2.05, 4.69) is 48.2 Å². The van der Waals surface area contributed by atoms with Crippen LogP contribution in [0.3, 0.4) is 0 Å². The van der Waals surface area contributed by atoms with Gasteiger partial charge in [-0.1, -0.05) is 53.0 Å². The van der Waals surface area contributed by atoms with Crippen LogP contribution in [-0.4, -0.2) is 52.6 Å². The molecule has 3 atom stereocenters. The monoisotopic (exact) mass is 526 g/mol. The Balaban J connectivity index is 2.32. The number of aromatic amines is 1. The molecule has 9 heteroatoms. The quantitative estimate of drug-likeness (QED) is 0.167. The van der Waals surface area contributed by atoms with Crippen molar-refractivity contribution in [1.82, 2.24) is 15.2 Å². The summed E-state index contributed by atoms with van der Waals surface area (Å²) in [4.78, 5) is 29.6. The molecule has 1 aromatic carbocycles. The van der Waals surface area contributed by atoms with E-state index in [1.807, 2.05) is 4.90 Å². The number of pyridine rings is 1. The van der Waals surface area contributed by atoms with Gasteiger partial charge in [0.15, 0.2) is 0 Å². The number of carbonyl (C=O) groups is 1. The summed E-state index contributed by atoms with van der Waals surface area (Å²) < 4.78 is 0. The standard InChI is InChI=1S/C29H46N6O3/c1-6-10-15-31-23(9-4)19-35(18-21(8-3)25(30)12-7-2)29(38)22-13-11-14-24(17-22)33-34-27-20(5)16-26(36)32-28(27)37/h11,13-14,16-17,21,23,25,31H,6-10,12,15,18-19,30H2,1-5H3,(H2,32,36,37). The van der Waals surface area contributed by atoms with Crippen molar-refractivity contribution in [2.45, 2.75) is 85.2 Å². The summed E-state index contributed by atoms with van der Waals surface area (Å²) in [5.74, 6) is -0.198. The predicted octanol–water partition coefficient (Wildman–Crippen LogP) is 5.57. The third-order valence-electron chi connectivity index (χ3n) is 6.94. The highest BCUT2D eigenvalue weighted by Gasteiger charge is 2.25. The van der Waals surface area contributed by atoms with Crippen molar-refractivity contribution < 1.29 is 9.90 Å². The first-order chi connectivity index (χ1) is 18.2. The van der Waals surface area contributed by atoms with E-state index in [-0.39, 0.29) is 35.5 Å². The van der Waals surface area contributed by atoms with Crippen LogP contribution in [0.4, 0.5) is 11.4 Å². The SMILES string of the molecule is CCCCNC(CC)CN(CC(CC)C(N)CCC)C(=O)c1cccc(N=Nc2c(C)cc(=O)[nH]c2O)c1. The molecule has 5 N–H and O–H groups in total. The first-order valence-corrected chi connectivity index (χ1v) is 14.0. The molecule has 2 rings (SSSR count). The Bertz CT molecular complexity index is 1070. The highest BCUT2D eigenvalue weighted by molar-refractivity contribution is 5.95. The first kappa shape index (κ1) is 31.2. The smallest absolute Gasteiger partial charge is 0.253 e.